The van der Waals surface area contributed by atoms with Gasteiger partial charge in [-0.1, -0.05) is 289 Å². The van der Waals surface area contributed by atoms with Gasteiger partial charge in [0.25, 0.3) is 0 Å². The highest BCUT2D eigenvalue weighted by Crippen LogP contribution is 2.17. The molecule has 0 aromatic heterocycles. The lowest BCUT2D eigenvalue weighted by molar-refractivity contribution is -0.143. The van der Waals surface area contributed by atoms with Crippen molar-refractivity contribution in [2.75, 3.05) is 13.2 Å². The van der Waals surface area contributed by atoms with E-state index in [1.54, 1.807) is 6.08 Å². The van der Waals surface area contributed by atoms with Gasteiger partial charge in [-0.3, -0.25) is 9.59 Å². The fraction of sp³-hybridized carbons (Fsp3) is 0.903. The van der Waals surface area contributed by atoms with E-state index in [1.807, 2.05) is 6.08 Å². The van der Waals surface area contributed by atoms with Crippen molar-refractivity contribution in [1.29, 1.82) is 0 Å². The van der Waals surface area contributed by atoms with Gasteiger partial charge < -0.3 is 20.3 Å². The number of allylic oxidation sites excluding steroid dienone is 3. The van der Waals surface area contributed by atoms with Gasteiger partial charge in [-0.25, -0.2) is 0 Å². The Morgan fingerprint density at radius 3 is 1.04 bits per heavy atom. The number of aliphatic hydroxyl groups is 2. The second-order valence-electron chi connectivity index (χ2n) is 21.0. The SMILES string of the molecule is CCCCCCCCC/C=C\CCCCCCCCCC(=O)OCCCCCCCCCCCCCCCCCCCCCCCCC(=O)NC(CO)C(O)/C=C/CCCCCCCCCCC. The van der Waals surface area contributed by atoms with Crippen molar-refractivity contribution in [2.24, 2.45) is 0 Å². The molecule has 2 atom stereocenters. The molecule has 68 heavy (non-hydrogen) atoms. The number of amides is 1. The molecule has 0 radical (unpaired) electrons. The maximum atomic E-state index is 12.4. The van der Waals surface area contributed by atoms with Crippen molar-refractivity contribution >= 4 is 11.9 Å². The first-order chi connectivity index (χ1) is 33.5. The summed E-state index contributed by atoms with van der Waals surface area (Å²) in [5.74, 6) is -0.0586. The van der Waals surface area contributed by atoms with Crippen molar-refractivity contribution in [3.05, 3.63) is 24.3 Å². The van der Waals surface area contributed by atoms with E-state index in [0.29, 0.717) is 19.4 Å². The number of nitrogens with one attached hydrogen (secondary N) is 1. The fourth-order valence-electron chi connectivity index (χ4n) is 9.51. The molecule has 0 heterocycles. The standard InChI is InChI=1S/C62H119NO5/c1-3-5-7-9-11-13-15-16-17-18-26-29-32-36-40-44-48-52-56-62(67)68-57-53-49-45-41-37-33-30-27-24-22-20-19-21-23-25-28-31-35-39-43-47-51-55-61(66)63-59(58-64)60(65)54-50-46-42-38-34-14-12-10-8-6-4-2/h17-18,50,54,59-60,64-65H,3-16,19-49,51-53,55-58H2,1-2H3,(H,63,66)/b18-17-,54-50+. The maximum absolute atomic E-state index is 12.4. The summed E-state index contributed by atoms with van der Waals surface area (Å²) in [5.41, 5.74) is 0. The van der Waals surface area contributed by atoms with Crippen LogP contribution in [0.4, 0.5) is 0 Å². The second-order valence-corrected chi connectivity index (χ2v) is 21.0. The van der Waals surface area contributed by atoms with Crippen LogP contribution in [0.25, 0.3) is 0 Å². The molecule has 0 aliphatic heterocycles. The highest BCUT2D eigenvalue weighted by Gasteiger charge is 2.18. The first kappa shape index (κ1) is 66.3. The minimum absolute atomic E-state index is 0.00996. The normalized spacial score (nSPS) is 12.7. The van der Waals surface area contributed by atoms with Crippen LogP contribution in [0.15, 0.2) is 24.3 Å². The molecule has 0 bridgehead atoms. The van der Waals surface area contributed by atoms with Crippen LogP contribution in [0.2, 0.25) is 0 Å². The van der Waals surface area contributed by atoms with Gasteiger partial charge >= 0.3 is 5.97 Å². The monoisotopic (exact) mass is 958 g/mol. The zero-order chi connectivity index (χ0) is 49.3. The summed E-state index contributed by atoms with van der Waals surface area (Å²) >= 11 is 0. The third kappa shape index (κ3) is 53.7. The van der Waals surface area contributed by atoms with Gasteiger partial charge in [0, 0.05) is 12.8 Å². The molecule has 1 amide bonds. The van der Waals surface area contributed by atoms with E-state index in [2.05, 4.69) is 31.3 Å². The van der Waals surface area contributed by atoms with Crippen molar-refractivity contribution in [2.45, 2.75) is 347 Å². The molecule has 6 nitrogen and oxygen atoms in total. The summed E-state index contributed by atoms with van der Waals surface area (Å²) < 4.78 is 5.50. The largest absolute Gasteiger partial charge is 0.466 e. The van der Waals surface area contributed by atoms with Crippen molar-refractivity contribution < 1.29 is 24.5 Å². The van der Waals surface area contributed by atoms with Gasteiger partial charge in [0.05, 0.1) is 25.4 Å². The summed E-state index contributed by atoms with van der Waals surface area (Å²) in [7, 11) is 0. The molecule has 0 aromatic carbocycles. The van der Waals surface area contributed by atoms with E-state index in [4.69, 9.17) is 4.74 Å². The topological polar surface area (TPSA) is 95.9 Å². The number of hydrogen-bond acceptors (Lipinski definition) is 5. The highest BCUT2D eigenvalue weighted by molar-refractivity contribution is 5.76. The Morgan fingerprint density at radius 2 is 0.691 bits per heavy atom. The number of ether oxygens (including phenoxy) is 1. The van der Waals surface area contributed by atoms with Gasteiger partial charge in [-0.2, -0.15) is 0 Å². The molecular weight excluding hydrogens is 839 g/mol. The van der Waals surface area contributed by atoms with Gasteiger partial charge in [0.15, 0.2) is 0 Å². The molecule has 6 heteroatoms. The lowest BCUT2D eigenvalue weighted by Gasteiger charge is -2.20. The van der Waals surface area contributed by atoms with E-state index < -0.39 is 12.1 Å². The van der Waals surface area contributed by atoms with Crippen LogP contribution in [-0.4, -0.2) is 47.4 Å². The zero-order valence-corrected chi connectivity index (χ0v) is 45.9. The number of aliphatic hydroxyl groups excluding tert-OH is 2. The lowest BCUT2D eigenvalue weighted by Crippen LogP contribution is -2.45. The van der Waals surface area contributed by atoms with Gasteiger partial charge in [-0.05, 0) is 57.8 Å². The van der Waals surface area contributed by atoms with E-state index in [0.717, 1.165) is 44.9 Å². The molecule has 3 N–H and O–H groups in total. The van der Waals surface area contributed by atoms with Crippen LogP contribution in [0.1, 0.15) is 335 Å². The van der Waals surface area contributed by atoms with Gasteiger partial charge in [0.1, 0.15) is 0 Å². The fourth-order valence-corrected chi connectivity index (χ4v) is 9.51. The number of carbonyl (C=O) groups is 2. The smallest absolute Gasteiger partial charge is 0.305 e. The second kappa shape index (κ2) is 57.9. The van der Waals surface area contributed by atoms with E-state index in [-0.39, 0.29) is 18.5 Å². The molecule has 2 unspecified atom stereocenters. The summed E-state index contributed by atoms with van der Waals surface area (Å²) in [6.45, 7) is 4.90. The zero-order valence-electron chi connectivity index (χ0n) is 45.9. The summed E-state index contributed by atoms with van der Waals surface area (Å²) in [4.78, 5) is 24.5. The Kier molecular flexibility index (Phi) is 56.5. The van der Waals surface area contributed by atoms with E-state index in [1.165, 1.54) is 263 Å². The van der Waals surface area contributed by atoms with Crippen LogP contribution in [0.3, 0.4) is 0 Å². The van der Waals surface area contributed by atoms with Gasteiger partial charge in [0.2, 0.25) is 5.91 Å². The predicted octanol–water partition coefficient (Wildman–Crippen LogP) is 19.0. The van der Waals surface area contributed by atoms with Crippen LogP contribution in [-0.2, 0) is 14.3 Å². The van der Waals surface area contributed by atoms with Crippen molar-refractivity contribution in [3.63, 3.8) is 0 Å². The van der Waals surface area contributed by atoms with Crippen LogP contribution in [0, 0.1) is 0 Å². The van der Waals surface area contributed by atoms with Crippen LogP contribution >= 0.6 is 0 Å². The predicted molar refractivity (Wildman–Crippen MR) is 296 cm³/mol. The summed E-state index contributed by atoms with van der Waals surface area (Å²) in [6, 6.07) is -0.626. The van der Waals surface area contributed by atoms with Crippen LogP contribution in [0.5, 0.6) is 0 Å². The van der Waals surface area contributed by atoms with E-state index >= 15 is 0 Å². The van der Waals surface area contributed by atoms with Crippen molar-refractivity contribution in [1.82, 2.24) is 5.32 Å². The molecule has 0 saturated carbocycles. The molecule has 0 spiro atoms. The Morgan fingerprint density at radius 1 is 0.397 bits per heavy atom. The number of hydrogen-bond donors (Lipinski definition) is 3. The molecule has 402 valence electrons. The number of rotatable bonds is 57. The third-order valence-electron chi connectivity index (χ3n) is 14.2. The van der Waals surface area contributed by atoms with Crippen molar-refractivity contribution in [3.8, 4) is 0 Å². The average Bonchev–Trinajstić information content (AvgIpc) is 3.34. The first-order valence-electron chi connectivity index (χ1n) is 30.6. The lowest BCUT2D eigenvalue weighted by atomic mass is 10.0. The maximum Gasteiger partial charge on any atom is 0.305 e. The first-order valence-corrected chi connectivity index (χ1v) is 30.6. The molecule has 0 aromatic rings. The summed E-state index contributed by atoms with van der Waals surface area (Å²) in [6.07, 6.45) is 70.8. The minimum atomic E-state index is -0.843. The van der Waals surface area contributed by atoms with Crippen LogP contribution < -0.4 is 5.32 Å². The molecule has 0 aliphatic rings. The quantitative estimate of drug-likeness (QED) is 0.0321. The van der Waals surface area contributed by atoms with Gasteiger partial charge in [-0.15, -0.1) is 0 Å². The van der Waals surface area contributed by atoms with E-state index in [9.17, 15) is 19.8 Å². The Labute approximate surface area is 424 Å². The molecule has 0 saturated heterocycles. The molecule has 0 fully saturated rings. The molecule has 0 aliphatic carbocycles. The summed E-state index contributed by atoms with van der Waals surface area (Å²) in [5, 5.41) is 23.0. The Balaban J connectivity index is 3.36. The molecule has 0 rings (SSSR count). The number of carbonyl (C=O) groups excluding carboxylic acids is 2. The Bertz CT molecular complexity index is 1060. The average molecular weight is 959 g/mol. The Hall–Kier alpha value is -1.66. The molecular formula is C62H119NO5. The third-order valence-corrected chi connectivity index (χ3v) is 14.2. The number of unbranched alkanes of at least 4 members (excludes halogenated alkanes) is 44. The number of esters is 1. The minimum Gasteiger partial charge on any atom is -0.466 e. The highest BCUT2D eigenvalue weighted by atomic mass is 16.5.